The Balaban J connectivity index is 4.25. The number of ether oxygens (including phenoxy) is 2. The molecule has 0 amide bonds. The van der Waals surface area contributed by atoms with E-state index in [9.17, 15) is 19.0 Å². The summed E-state index contributed by atoms with van der Waals surface area (Å²) < 4.78 is 33.1. The predicted molar refractivity (Wildman–Crippen MR) is 198 cm³/mol. The Morgan fingerprint density at radius 3 is 1.67 bits per heavy atom. The fourth-order valence-electron chi connectivity index (χ4n) is 5.16. The highest BCUT2D eigenvalue weighted by atomic mass is 31.2. The number of carboxylic acid groups (broad SMARTS) is 1. The van der Waals surface area contributed by atoms with Crippen molar-refractivity contribution < 1.29 is 42.7 Å². The zero-order valence-corrected chi connectivity index (χ0v) is 31.9. The Kier molecular flexibility index (Phi) is 33.8. The quantitative estimate of drug-likeness (QED) is 0.0245. The Morgan fingerprint density at radius 2 is 1.12 bits per heavy atom. The van der Waals surface area contributed by atoms with Gasteiger partial charge in [-0.15, -0.1) is 0 Å². The first-order valence-electron chi connectivity index (χ1n) is 19.4. The maximum atomic E-state index is 12.6. The van der Waals surface area contributed by atoms with Gasteiger partial charge in [0.15, 0.2) is 0 Å². The number of hydrogen-bond acceptors (Lipinski definition) is 8. The molecule has 0 saturated carbocycles. The van der Waals surface area contributed by atoms with E-state index in [2.05, 4.69) is 42.7 Å². The molecule has 0 spiro atoms. The van der Waals surface area contributed by atoms with E-state index in [1.807, 2.05) is 0 Å². The minimum atomic E-state index is -4.60. The van der Waals surface area contributed by atoms with Crippen molar-refractivity contribution in [1.29, 1.82) is 0 Å². The summed E-state index contributed by atoms with van der Waals surface area (Å²) in [6.45, 7) is 3.83. The summed E-state index contributed by atoms with van der Waals surface area (Å²) >= 11 is 0. The molecule has 0 saturated heterocycles. The van der Waals surface area contributed by atoms with E-state index in [0.717, 1.165) is 51.4 Å². The molecule has 0 bridgehead atoms. The van der Waals surface area contributed by atoms with Gasteiger partial charge in [-0.1, -0.05) is 141 Å². The molecule has 3 unspecified atom stereocenters. The molecule has 0 aromatic rings. The van der Waals surface area contributed by atoms with Crippen LogP contribution in [0.15, 0.2) is 24.3 Å². The maximum Gasteiger partial charge on any atom is 0.472 e. The van der Waals surface area contributed by atoms with Gasteiger partial charge in [-0.25, -0.2) is 4.57 Å². The summed E-state index contributed by atoms with van der Waals surface area (Å²) in [4.78, 5) is 33.3. The van der Waals surface area contributed by atoms with Crippen molar-refractivity contribution in [1.82, 2.24) is 0 Å². The smallest absolute Gasteiger partial charge is 0.472 e. The van der Waals surface area contributed by atoms with Crippen LogP contribution in [0.25, 0.3) is 0 Å². The van der Waals surface area contributed by atoms with Crippen molar-refractivity contribution in [3.05, 3.63) is 24.3 Å². The average molecular weight is 718 g/mol. The van der Waals surface area contributed by atoms with Gasteiger partial charge >= 0.3 is 19.8 Å². The van der Waals surface area contributed by atoms with Gasteiger partial charge in [-0.3, -0.25) is 18.6 Å². The molecule has 3 atom stereocenters. The molecule has 0 rings (SSSR count). The topological polar surface area (TPSA) is 155 Å². The van der Waals surface area contributed by atoms with E-state index >= 15 is 0 Å². The van der Waals surface area contributed by atoms with E-state index in [1.165, 1.54) is 89.9 Å². The second-order valence-electron chi connectivity index (χ2n) is 13.1. The Bertz CT molecular complexity index is 883. The molecule has 0 aromatic carbocycles. The van der Waals surface area contributed by atoms with Gasteiger partial charge in [0.2, 0.25) is 0 Å². The summed E-state index contributed by atoms with van der Waals surface area (Å²) in [6, 6.07) is -1.47. The van der Waals surface area contributed by atoms with Crippen molar-refractivity contribution in [2.24, 2.45) is 5.73 Å². The summed E-state index contributed by atoms with van der Waals surface area (Å²) in [5, 5.41) is 8.85. The average Bonchev–Trinajstić information content (AvgIpc) is 3.07. The lowest BCUT2D eigenvalue weighted by Gasteiger charge is -2.20. The van der Waals surface area contributed by atoms with Crippen molar-refractivity contribution in [2.75, 3.05) is 26.4 Å². The lowest BCUT2D eigenvalue weighted by molar-refractivity contribution is -0.154. The van der Waals surface area contributed by atoms with Gasteiger partial charge < -0.3 is 25.2 Å². The number of hydrogen-bond donors (Lipinski definition) is 3. The van der Waals surface area contributed by atoms with Gasteiger partial charge in [0, 0.05) is 13.0 Å². The van der Waals surface area contributed by atoms with Gasteiger partial charge in [0.1, 0.15) is 12.1 Å². The largest absolute Gasteiger partial charge is 0.480 e. The number of rotatable bonds is 37. The van der Waals surface area contributed by atoms with Crippen molar-refractivity contribution in [2.45, 2.75) is 180 Å². The molecule has 11 heteroatoms. The molecule has 0 aliphatic carbocycles. The molecule has 0 fully saturated rings. The summed E-state index contributed by atoms with van der Waals surface area (Å²) in [5.41, 5.74) is 5.33. The zero-order valence-electron chi connectivity index (χ0n) is 31.0. The van der Waals surface area contributed by atoms with Crippen LogP contribution in [0.2, 0.25) is 0 Å². The number of allylic oxidation sites excluding steroid dienone is 4. The number of carboxylic acids is 1. The van der Waals surface area contributed by atoms with Gasteiger partial charge in [-0.2, -0.15) is 0 Å². The van der Waals surface area contributed by atoms with Crippen LogP contribution in [0.5, 0.6) is 0 Å². The second kappa shape index (κ2) is 34.9. The number of unbranched alkanes of at least 4 members (excludes halogenated alkanes) is 19. The molecule has 0 aliphatic rings. The highest BCUT2D eigenvalue weighted by Gasteiger charge is 2.27. The molecule has 49 heavy (non-hydrogen) atoms. The molecule has 10 nitrogen and oxygen atoms in total. The summed E-state index contributed by atoms with van der Waals surface area (Å²) in [7, 11) is -4.60. The normalized spacial score (nSPS) is 14.4. The standard InChI is InChI=1S/C38H72NO9P/c1-3-5-7-9-11-13-14-15-16-17-18-19-20-21-22-24-26-28-30-37(40)48-35(33-46-49(43,44)47-34-36(39)38(41)42)32-45-31-29-27-25-23-12-10-8-6-4-2/h13-14,16-17,35-36H,3-12,15,18-34,39H2,1-2H3,(H,41,42)(H,43,44)/b14-13-,17-16-. The first kappa shape index (κ1) is 47.4. The fraction of sp³-hybridized carbons (Fsp3) is 0.842. The van der Waals surface area contributed by atoms with E-state index in [1.54, 1.807) is 0 Å². The highest BCUT2D eigenvalue weighted by molar-refractivity contribution is 7.47. The molecular weight excluding hydrogens is 645 g/mol. The Hall–Kier alpha value is -1.55. The van der Waals surface area contributed by atoms with Crippen molar-refractivity contribution in [3.8, 4) is 0 Å². The molecule has 0 heterocycles. The number of carbonyl (C=O) groups is 2. The SMILES string of the molecule is CCCCCC/C=C\C/C=C\CCCCCCCCCC(=O)OC(COCCCCCCCCCCC)COP(=O)(O)OCC(N)C(=O)O. The van der Waals surface area contributed by atoms with E-state index < -0.39 is 45.1 Å². The van der Waals surface area contributed by atoms with Crippen molar-refractivity contribution >= 4 is 19.8 Å². The van der Waals surface area contributed by atoms with Crippen LogP contribution in [-0.2, 0) is 32.7 Å². The molecule has 0 aromatic heterocycles. The van der Waals surface area contributed by atoms with Crippen LogP contribution in [0.1, 0.15) is 168 Å². The van der Waals surface area contributed by atoms with E-state index in [0.29, 0.717) is 13.0 Å². The lowest BCUT2D eigenvalue weighted by atomic mass is 10.1. The van der Waals surface area contributed by atoms with Crippen LogP contribution in [-0.4, -0.2) is 60.5 Å². The predicted octanol–water partition coefficient (Wildman–Crippen LogP) is 9.97. The minimum absolute atomic E-state index is 0.0163. The first-order valence-corrected chi connectivity index (χ1v) is 20.9. The van der Waals surface area contributed by atoms with Crippen LogP contribution < -0.4 is 5.73 Å². The Labute approximate surface area is 298 Å². The number of esters is 1. The van der Waals surface area contributed by atoms with Crippen LogP contribution >= 0.6 is 7.82 Å². The number of phosphoric ester groups is 1. The fourth-order valence-corrected chi connectivity index (χ4v) is 5.94. The van der Waals surface area contributed by atoms with E-state index in [4.69, 9.17) is 24.8 Å². The van der Waals surface area contributed by atoms with E-state index in [-0.39, 0.29) is 13.0 Å². The lowest BCUT2D eigenvalue weighted by Crippen LogP contribution is -2.34. The van der Waals surface area contributed by atoms with Crippen LogP contribution in [0.4, 0.5) is 0 Å². The first-order chi connectivity index (χ1) is 23.7. The van der Waals surface area contributed by atoms with Crippen molar-refractivity contribution in [3.63, 3.8) is 0 Å². The zero-order chi connectivity index (χ0) is 36.3. The molecular formula is C38H72NO9P. The number of nitrogens with two attached hydrogens (primary N) is 1. The third-order valence-corrected chi connectivity index (χ3v) is 9.18. The minimum Gasteiger partial charge on any atom is -0.480 e. The van der Waals surface area contributed by atoms with Crippen LogP contribution in [0, 0.1) is 0 Å². The third-order valence-electron chi connectivity index (χ3n) is 8.23. The second-order valence-corrected chi connectivity index (χ2v) is 14.5. The summed E-state index contributed by atoms with van der Waals surface area (Å²) in [5.74, 6) is -1.79. The third kappa shape index (κ3) is 34.7. The highest BCUT2D eigenvalue weighted by Crippen LogP contribution is 2.43. The van der Waals surface area contributed by atoms with Gasteiger partial charge in [-0.05, 0) is 44.9 Å². The van der Waals surface area contributed by atoms with Crippen LogP contribution in [0.3, 0.4) is 0 Å². The molecule has 4 N–H and O–H groups in total. The number of phosphoric acid groups is 1. The van der Waals surface area contributed by atoms with Gasteiger partial charge in [0.05, 0.1) is 19.8 Å². The molecule has 0 radical (unpaired) electrons. The summed E-state index contributed by atoms with van der Waals surface area (Å²) in [6.07, 6.45) is 35.2. The Morgan fingerprint density at radius 1 is 0.653 bits per heavy atom. The molecule has 0 aliphatic heterocycles. The monoisotopic (exact) mass is 717 g/mol. The molecule has 288 valence electrons. The number of carbonyl (C=O) groups excluding carboxylic acids is 1. The maximum absolute atomic E-state index is 12.6. The van der Waals surface area contributed by atoms with Gasteiger partial charge in [0.25, 0.3) is 0 Å². The number of aliphatic carboxylic acids is 1.